The predicted molar refractivity (Wildman–Crippen MR) is 135 cm³/mol. The summed E-state index contributed by atoms with van der Waals surface area (Å²) >= 11 is 0. The molecular weight excluding hydrogens is 444 g/mol. The van der Waals surface area contributed by atoms with Crippen molar-refractivity contribution < 1.29 is 19.4 Å². The molecule has 8 nitrogen and oxygen atoms in total. The Balaban J connectivity index is 1.36. The van der Waals surface area contributed by atoms with Gasteiger partial charge >= 0.3 is 6.09 Å². The molecule has 2 N–H and O–H groups in total. The summed E-state index contributed by atoms with van der Waals surface area (Å²) in [7, 11) is 0. The number of hydrogen-bond donors (Lipinski definition) is 2. The molecule has 0 atom stereocenters. The molecule has 0 aliphatic carbocycles. The maximum atomic E-state index is 12.3. The summed E-state index contributed by atoms with van der Waals surface area (Å²) in [4.78, 5) is 30.9. The van der Waals surface area contributed by atoms with Crippen molar-refractivity contribution in [2.45, 2.75) is 45.6 Å². The molecule has 8 heteroatoms. The first-order valence-corrected chi connectivity index (χ1v) is 12.2. The zero-order valence-corrected chi connectivity index (χ0v) is 20.7. The number of ether oxygens (including phenoxy) is 1. The van der Waals surface area contributed by atoms with E-state index in [1.807, 2.05) is 66.9 Å². The first kappa shape index (κ1) is 24.7. The Morgan fingerprint density at radius 2 is 1.91 bits per heavy atom. The lowest BCUT2D eigenvalue weighted by atomic mass is 9.91. The van der Waals surface area contributed by atoms with E-state index in [0.29, 0.717) is 11.5 Å². The first-order chi connectivity index (χ1) is 16.7. The van der Waals surface area contributed by atoms with Crippen LogP contribution in [0.1, 0.15) is 49.5 Å². The average molecular weight is 479 g/mol. The lowest BCUT2D eigenvalue weighted by molar-refractivity contribution is 0.0184. The number of amides is 2. The molecule has 1 fully saturated rings. The Labute approximate surface area is 205 Å². The highest BCUT2D eigenvalue weighted by atomic mass is 16.6. The van der Waals surface area contributed by atoms with Gasteiger partial charge in [-0.2, -0.15) is 0 Å². The highest BCUT2D eigenvalue weighted by molar-refractivity contribution is 5.98. The van der Waals surface area contributed by atoms with Crippen LogP contribution >= 0.6 is 0 Å². The highest BCUT2D eigenvalue weighted by Gasteiger charge is 2.27. The third kappa shape index (κ3) is 6.19. The maximum Gasteiger partial charge on any atom is 0.410 e. The van der Waals surface area contributed by atoms with Gasteiger partial charge in [0.2, 0.25) is 0 Å². The number of benzene rings is 1. The Kier molecular flexibility index (Phi) is 7.40. The summed E-state index contributed by atoms with van der Waals surface area (Å²) in [6, 6.07) is 11.6. The van der Waals surface area contributed by atoms with Gasteiger partial charge in [-0.25, -0.2) is 9.78 Å². The van der Waals surface area contributed by atoms with Crippen LogP contribution in [-0.2, 0) is 11.2 Å². The molecule has 3 heterocycles. The zero-order chi connectivity index (χ0) is 25.0. The van der Waals surface area contributed by atoms with E-state index >= 15 is 0 Å². The van der Waals surface area contributed by atoms with Crippen LogP contribution in [0.25, 0.3) is 16.7 Å². The van der Waals surface area contributed by atoms with Gasteiger partial charge in [-0.3, -0.25) is 4.79 Å². The Morgan fingerprint density at radius 1 is 1.14 bits per heavy atom. The minimum absolute atomic E-state index is 0.0860. The van der Waals surface area contributed by atoms with Crippen LogP contribution in [-0.4, -0.2) is 63.4 Å². The zero-order valence-electron chi connectivity index (χ0n) is 20.7. The molecule has 1 aliphatic heterocycles. The molecule has 1 aromatic carbocycles. The molecule has 1 saturated heterocycles. The molecule has 2 aromatic heterocycles. The number of piperidine rings is 1. The quantitative estimate of drug-likeness (QED) is 0.560. The summed E-state index contributed by atoms with van der Waals surface area (Å²) < 4.78 is 7.50. The van der Waals surface area contributed by atoms with Crippen molar-refractivity contribution in [1.29, 1.82) is 0 Å². The minimum Gasteiger partial charge on any atom is -0.444 e. The van der Waals surface area contributed by atoms with E-state index in [1.165, 1.54) is 5.56 Å². The second-order valence-electron chi connectivity index (χ2n) is 10.1. The van der Waals surface area contributed by atoms with E-state index < -0.39 is 5.60 Å². The fourth-order valence-corrected chi connectivity index (χ4v) is 4.41. The van der Waals surface area contributed by atoms with E-state index in [2.05, 4.69) is 16.4 Å². The summed E-state index contributed by atoms with van der Waals surface area (Å²) in [5.41, 5.74) is 2.25. The SMILES string of the molecule is CC(C)(C)OC(=O)N1CCC(Cc2ccc(-n3ccc4cc(C(=O)NCCO)ccc43)nc2)CC1. The van der Waals surface area contributed by atoms with Crippen LogP contribution in [0, 0.1) is 5.92 Å². The first-order valence-electron chi connectivity index (χ1n) is 12.2. The molecule has 35 heavy (non-hydrogen) atoms. The van der Waals surface area contributed by atoms with Crippen molar-refractivity contribution in [2.75, 3.05) is 26.2 Å². The topological polar surface area (TPSA) is 96.7 Å². The Morgan fingerprint density at radius 3 is 2.57 bits per heavy atom. The lowest BCUT2D eigenvalue weighted by Gasteiger charge is -2.33. The average Bonchev–Trinajstić information content (AvgIpc) is 3.25. The molecule has 0 saturated carbocycles. The lowest BCUT2D eigenvalue weighted by Crippen LogP contribution is -2.42. The van der Waals surface area contributed by atoms with E-state index in [1.54, 1.807) is 6.07 Å². The Hall–Kier alpha value is -3.39. The number of nitrogens with zero attached hydrogens (tertiary/aromatic N) is 3. The standard InChI is InChI=1S/C27H34N4O4/c1-27(2,3)35-26(34)30-12-8-19(9-13-30)16-20-4-7-24(29-18-20)31-14-10-21-17-22(5-6-23(21)31)25(33)28-11-15-32/h4-7,10,14,17-19,32H,8-9,11-13,15-16H2,1-3H3,(H,28,33). The molecule has 186 valence electrons. The van der Waals surface area contributed by atoms with Gasteiger partial charge in [0.25, 0.3) is 5.91 Å². The van der Waals surface area contributed by atoms with Crippen molar-refractivity contribution >= 4 is 22.9 Å². The van der Waals surface area contributed by atoms with Crippen LogP contribution < -0.4 is 5.32 Å². The van der Waals surface area contributed by atoms with Crippen molar-refractivity contribution in [3.63, 3.8) is 0 Å². The number of hydrogen-bond acceptors (Lipinski definition) is 5. The normalized spacial score (nSPS) is 14.8. The van der Waals surface area contributed by atoms with Gasteiger partial charge in [0.05, 0.1) is 12.1 Å². The van der Waals surface area contributed by atoms with Crippen LogP contribution in [0.4, 0.5) is 4.79 Å². The third-order valence-corrected chi connectivity index (χ3v) is 6.20. The molecule has 0 spiro atoms. The van der Waals surface area contributed by atoms with Gasteiger partial charge in [0.1, 0.15) is 11.4 Å². The van der Waals surface area contributed by atoms with Gasteiger partial charge in [0, 0.05) is 43.0 Å². The molecular formula is C27H34N4O4. The molecule has 1 aliphatic rings. The largest absolute Gasteiger partial charge is 0.444 e. The second kappa shape index (κ2) is 10.5. The molecule has 4 rings (SSSR count). The van der Waals surface area contributed by atoms with Crippen molar-refractivity contribution in [2.24, 2.45) is 5.92 Å². The smallest absolute Gasteiger partial charge is 0.410 e. The van der Waals surface area contributed by atoms with E-state index in [9.17, 15) is 9.59 Å². The minimum atomic E-state index is -0.469. The number of rotatable bonds is 6. The maximum absolute atomic E-state index is 12.3. The number of carbonyl (C=O) groups excluding carboxylic acids is 2. The van der Waals surface area contributed by atoms with E-state index in [-0.39, 0.29) is 25.2 Å². The predicted octanol–water partition coefficient (Wildman–Crippen LogP) is 3.94. The highest BCUT2D eigenvalue weighted by Crippen LogP contribution is 2.25. The number of fused-ring (bicyclic) bond motifs is 1. The van der Waals surface area contributed by atoms with Crippen molar-refractivity contribution in [3.8, 4) is 5.82 Å². The fraction of sp³-hybridized carbons (Fsp3) is 0.444. The van der Waals surface area contributed by atoms with Gasteiger partial charge < -0.3 is 24.6 Å². The molecule has 3 aromatic rings. The summed E-state index contributed by atoms with van der Waals surface area (Å²) in [5, 5.41) is 12.5. The molecule has 0 unspecified atom stereocenters. The fourth-order valence-electron chi connectivity index (χ4n) is 4.41. The van der Waals surface area contributed by atoms with E-state index in [4.69, 9.17) is 9.84 Å². The molecule has 2 amide bonds. The van der Waals surface area contributed by atoms with Crippen molar-refractivity contribution in [1.82, 2.24) is 19.8 Å². The summed E-state index contributed by atoms with van der Waals surface area (Å²) in [5.74, 6) is 1.14. The van der Waals surface area contributed by atoms with Crippen LogP contribution in [0.15, 0.2) is 48.8 Å². The summed E-state index contributed by atoms with van der Waals surface area (Å²) in [6.45, 7) is 7.26. The van der Waals surface area contributed by atoms with Crippen molar-refractivity contribution in [3.05, 3.63) is 59.9 Å². The van der Waals surface area contributed by atoms with Gasteiger partial charge in [-0.1, -0.05) is 6.07 Å². The number of aliphatic hydroxyl groups excluding tert-OH is 1. The number of likely N-dealkylation sites (tertiary alicyclic amines) is 1. The van der Waals surface area contributed by atoms with Crippen LogP contribution in [0.2, 0.25) is 0 Å². The van der Waals surface area contributed by atoms with Gasteiger partial charge in [-0.15, -0.1) is 0 Å². The molecule has 0 radical (unpaired) electrons. The van der Waals surface area contributed by atoms with Gasteiger partial charge in [-0.05, 0) is 81.8 Å². The Bertz CT molecular complexity index is 1170. The number of carbonyl (C=O) groups is 2. The number of nitrogens with one attached hydrogen (secondary N) is 1. The summed E-state index contributed by atoms with van der Waals surface area (Å²) in [6.07, 6.45) is 6.51. The third-order valence-electron chi connectivity index (χ3n) is 6.20. The number of pyridine rings is 1. The van der Waals surface area contributed by atoms with Crippen LogP contribution in [0.3, 0.4) is 0 Å². The molecule has 0 bridgehead atoms. The second-order valence-corrected chi connectivity index (χ2v) is 10.1. The monoisotopic (exact) mass is 478 g/mol. The number of aliphatic hydroxyl groups is 1. The van der Waals surface area contributed by atoms with Crippen LogP contribution in [0.5, 0.6) is 0 Å². The van der Waals surface area contributed by atoms with E-state index in [0.717, 1.165) is 49.1 Å². The van der Waals surface area contributed by atoms with Gasteiger partial charge in [0.15, 0.2) is 0 Å². The number of aromatic nitrogens is 2.